The summed E-state index contributed by atoms with van der Waals surface area (Å²) in [5, 5.41) is 1.07. The molecular formula is C15H9BrClNO3. The van der Waals surface area contributed by atoms with Gasteiger partial charge >= 0.3 is 5.97 Å². The lowest BCUT2D eigenvalue weighted by Gasteiger charge is -2.04. The van der Waals surface area contributed by atoms with Gasteiger partial charge in [0, 0.05) is 16.1 Å². The smallest absolute Gasteiger partial charge is 0.341 e. The molecule has 1 aromatic carbocycles. The Kier molecular flexibility index (Phi) is 3.94. The van der Waals surface area contributed by atoms with Gasteiger partial charge in [-0.05, 0) is 34.1 Å². The molecule has 106 valence electrons. The summed E-state index contributed by atoms with van der Waals surface area (Å²) in [5.74, 6) is 0.0258. The fraction of sp³-hybridized carbons (Fsp3) is 0.0667. The zero-order chi connectivity index (χ0) is 14.8. The predicted molar refractivity (Wildman–Crippen MR) is 82.3 cm³/mol. The maximum atomic E-state index is 12.0. The Hall–Kier alpha value is -1.85. The lowest BCUT2D eigenvalue weighted by Crippen LogP contribution is -2.06. The highest BCUT2D eigenvalue weighted by Gasteiger charge is 2.14. The molecule has 0 aliphatic carbocycles. The van der Waals surface area contributed by atoms with Crippen LogP contribution in [-0.2, 0) is 11.3 Å². The molecule has 3 rings (SSSR count). The molecule has 2 aromatic heterocycles. The molecule has 6 heteroatoms. The number of aromatic nitrogens is 1. The molecule has 0 unspecified atom stereocenters. The van der Waals surface area contributed by atoms with Crippen LogP contribution in [0.3, 0.4) is 0 Å². The van der Waals surface area contributed by atoms with Crippen molar-refractivity contribution in [3.63, 3.8) is 0 Å². The molecule has 2 heterocycles. The number of esters is 1. The topological polar surface area (TPSA) is 52.3 Å². The van der Waals surface area contributed by atoms with E-state index in [1.165, 1.54) is 6.20 Å². The second kappa shape index (κ2) is 5.87. The molecule has 0 spiro atoms. The normalized spacial score (nSPS) is 10.8. The zero-order valence-electron chi connectivity index (χ0n) is 10.7. The highest BCUT2D eigenvalue weighted by atomic mass is 79.9. The van der Waals surface area contributed by atoms with Gasteiger partial charge in [0.1, 0.15) is 23.1 Å². The van der Waals surface area contributed by atoms with E-state index in [0.29, 0.717) is 10.2 Å². The van der Waals surface area contributed by atoms with Crippen molar-refractivity contribution in [1.29, 1.82) is 0 Å². The maximum absolute atomic E-state index is 12.0. The van der Waals surface area contributed by atoms with Gasteiger partial charge in [-0.3, -0.25) is 0 Å². The molecule has 0 aliphatic rings. The monoisotopic (exact) mass is 365 g/mol. The van der Waals surface area contributed by atoms with E-state index in [1.807, 2.05) is 30.3 Å². The Morgan fingerprint density at radius 2 is 2.14 bits per heavy atom. The number of ether oxygens (including phenoxy) is 1. The minimum Gasteiger partial charge on any atom is -0.457 e. The Morgan fingerprint density at radius 1 is 1.33 bits per heavy atom. The summed E-state index contributed by atoms with van der Waals surface area (Å²) >= 11 is 9.12. The Bertz CT molecular complexity index is 783. The lowest BCUT2D eigenvalue weighted by molar-refractivity contribution is 0.0447. The van der Waals surface area contributed by atoms with Gasteiger partial charge in [-0.1, -0.05) is 29.8 Å². The van der Waals surface area contributed by atoms with Gasteiger partial charge in [0.2, 0.25) is 0 Å². The summed E-state index contributed by atoms with van der Waals surface area (Å²) in [5.41, 5.74) is 0.966. The third-order valence-electron chi connectivity index (χ3n) is 2.85. The van der Waals surface area contributed by atoms with E-state index in [2.05, 4.69) is 20.9 Å². The first-order valence-electron chi connectivity index (χ1n) is 6.09. The highest BCUT2D eigenvalue weighted by molar-refractivity contribution is 9.10. The van der Waals surface area contributed by atoms with Crippen LogP contribution in [0.5, 0.6) is 0 Å². The lowest BCUT2D eigenvalue weighted by atomic mass is 10.2. The van der Waals surface area contributed by atoms with Crippen LogP contribution >= 0.6 is 27.5 Å². The molecule has 3 aromatic rings. The first-order valence-corrected chi connectivity index (χ1v) is 7.26. The van der Waals surface area contributed by atoms with Gasteiger partial charge in [-0.2, -0.15) is 0 Å². The molecular weight excluding hydrogens is 358 g/mol. The van der Waals surface area contributed by atoms with E-state index in [4.69, 9.17) is 20.8 Å². The summed E-state index contributed by atoms with van der Waals surface area (Å²) in [7, 11) is 0. The number of benzene rings is 1. The molecule has 0 aliphatic heterocycles. The number of hydrogen-bond donors (Lipinski definition) is 0. The van der Waals surface area contributed by atoms with Crippen molar-refractivity contribution in [3.8, 4) is 0 Å². The first-order chi connectivity index (χ1) is 10.1. The average molecular weight is 367 g/mol. The van der Waals surface area contributed by atoms with Crippen LogP contribution in [-0.4, -0.2) is 11.0 Å². The van der Waals surface area contributed by atoms with Crippen LogP contribution in [0, 0.1) is 0 Å². The quantitative estimate of drug-likeness (QED) is 0.502. The third-order valence-corrected chi connectivity index (χ3v) is 3.58. The number of fused-ring (bicyclic) bond motifs is 1. The van der Waals surface area contributed by atoms with Gasteiger partial charge in [-0.25, -0.2) is 9.78 Å². The van der Waals surface area contributed by atoms with Crippen LogP contribution in [0.25, 0.3) is 11.0 Å². The molecule has 0 bridgehead atoms. The Balaban J connectivity index is 1.74. The molecule has 4 nitrogen and oxygen atoms in total. The second-order valence-corrected chi connectivity index (χ2v) is 5.59. The van der Waals surface area contributed by atoms with Crippen LogP contribution < -0.4 is 0 Å². The fourth-order valence-corrected chi connectivity index (χ4v) is 2.40. The predicted octanol–water partition coefficient (Wildman–Crippen LogP) is 4.60. The van der Waals surface area contributed by atoms with E-state index in [-0.39, 0.29) is 17.3 Å². The van der Waals surface area contributed by atoms with Crippen molar-refractivity contribution >= 4 is 44.5 Å². The maximum Gasteiger partial charge on any atom is 0.341 e. The number of pyridine rings is 1. The number of carbonyl (C=O) groups is 1. The van der Waals surface area contributed by atoms with Gasteiger partial charge in [0.15, 0.2) is 0 Å². The minimum absolute atomic E-state index is 0.0381. The van der Waals surface area contributed by atoms with Crippen LogP contribution in [0.4, 0.5) is 0 Å². The van der Waals surface area contributed by atoms with E-state index in [9.17, 15) is 4.79 Å². The van der Waals surface area contributed by atoms with Crippen LogP contribution in [0.2, 0.25) is 5.15 Å². The Morgan fingerprint density at radius 3 is 2.95 bits per heavy atom. The molecule has 0 radical (unpaired) electrons. The van der Waals surface area contributed by atoms with Gasteiger partial charge in [-0.15, -0.1) is 0 Å². The zero-order valence-corrected chi connectivity index (χ0v) is 13.0. The average Bonchev–Trinajstić information content (AvgIpc) is 2.90. The molecule has 0 atom stereocenters. The highest BCUT2D eigenvalue weighted by Crippen LogP contribution is 2.22. The summed E-state index contributed by atoms with van der Waals surface area (Å²) in [6.07, 6.45) is 1.51. The number of hydrogen-bond acceptors (Lipinski definition) is 4. The summed E-state index contributed by atoms with van der Waals surface area (Å²) in [6, 6.07) is 11.0. The number of furan rings is 1. The molecule has 0 fully saturated rings. The Labute approximate surface area is 133 Å². The molecule has 0 saturated heterocycles. The standard InChI is InChI=1S/C15H9BrClNO3/c16-10-6-12(14(17)18-7-10)15(19)20-8-11-5-9-3-1-2-4-13(9)21-11/h1-7H,8H2. The fourth-order valence-electron chi connectivity index (χ4n) is 1.89. The molecule has 21 heavy (non-hydrogen) atoms. The van der Waals surface area contributed by atoms with Gasteiger partial charge in [0.25, 0.3) is 0 Å². The van der Waals surface area contributed by atoms with Crippen molar-refractivity contribution in [2.24, 2.45) is 0 Å². The molecule has 0 saturated carbocycles. The van der Waals surface area contributed by atoms with Crippen molar-refractivity contribution < 1.29 is 13.9 Å². The van der Waals surface area contributed by atoms with Gasteiger partial charge < -0.3 is 9.15 Å². The number of para-hydroxylation sites is 1. The SMILES string of the molecule is O=C(OCc1cc2ccccc2o1)c1cc(Br)cnc1Cl. The van der Waals surface area contributed by atoms with Crippen molar-refractivity contribution in [2.75, 3.05) is 0 Å². The summed E-state index contributed by atoms with van der Waals surface area (Å²) < 4.78 is 11.4. The number of halogens is 2. The first kappa shape index (κ1) is 14.1. The van der Waals surface area contributed by atoms with Crippen LogP contribution in [0.15, 0.2) is 51.5 Å². The molecule has 0 N–H and O–H groups in total. The summed E-state index contributed by atoms with van der Waals surface area (Å²) in [6.45, 7) is 0.0381. The van der Waals surface area contributed by atoms with Gasteiger partial charge in [0.05, 0.1) is 5.56 Å². The second-order valence-electron chi connectivity index (χ2n) is 4.32. The van der Waals surface area contributed by atoms with E-state index < -0.39 is 5.97 Å². The van der Waals surface area contributed by atoms with Crippen molar-refractivity contribution in [2.45, 2.75) is 6.61 Å². The largest absolute Gasteiger partial charge is 0.457 e. The van der Waals surface area contributed by atoms with E-state index in [1.54, 1.807) is 6.07 Å². The van der Waals surface area contributed by atoms with E-state index >= 15 is 0 Å². The number of carbonyl (C=O) groups excluding carboxylic acids is 1. The van der Waals surface area contributed by atoms with Crippen molar-refractivity contribution in [3.05, 3.63) is 63.5 Å². The van der Waals surface area contributed by atoms with Crippen LogP contribution in [0.1, 0.15) is 16.1 Å². The summed E-state index contributed by atoms with van der Waals surface area (Å²) in [4.78, 5) is 15.9. The van der Waals surface area contributed by atoms with Crippen molar-refractivity contribution in [1.82, 2.24) is 4.98 Å². The minimum atomic E-state index is -0.547. The number of rotatable bonds is 3. The third kappa shape index (κ3) is 3.09. The molecule has 0 amide bonds. The van der Waals surface area contributed by atoms with E-state index in [0.717, 1.165) is 11.0 Å². The number of nitrogens with zero attached hydrogens (tertiary/aromatic N) is 1.